The zero-order valence-corrected chi connectivity index (χ0v) is 8.77. The minimum absolute atomic E-state index is 0.112. The number of benzene rings is 1. The maximum absolute atomic E-state index is 13.1. The minimum Gasteiger partial charge on any atom is -0.505 e. The van der Waals surface area contributed by atoms with Crippen molar-refractivity contribution in [3.8, 4) is 5.75 Å². The number of aromatic amines is 1. The summed E-state index contributed by atoms with van der Waals surface area (Å²) in [7, 11) is 0. The molecule has 0 aliphatic rings. The first kappa shape index (κ1) is 11.4. The SMILES string of the molecule is NC(Cc1c[nH]c2cc(F)c(O)cc12)C(=O)O. The first-order chi connectivity index (χ1) is 7.99. The normalized spacial score (nSPS) is 12.8. The molecular weight excluding hydrogens is 227 g/mol. The smallest absolute Gasteiger partial charge is 0.320 e. The second-order valence-corrected chi connectivity index (χ2v) is 3.81. The van der Waals surface area contributed by atoms with Gasteiger partial charge in [0.1, 0.15) is 6.04 Å². The van der Waals surface area contributed by atoms with Gasteiger partial charge in [-0.25, -0.2) is 4.39 Å². The van der Waals surface area contributed by atoms with Crippen LogP contribution < -0.4 is 5.73 Å². The van der Waals surface area contributed by atoms with Crippen LogP contribution in [0.15, 0.2) is 18.3 Å². The Labute approximate surface area is 95.7 Å². The predicted molar refractivity (Wildman–Crippen MR) is 59.2 cm³/mol. The third-order valence-electron chi connectivity index (χ3n) is 2.59. The van der Waals surface area contributed by atoms with E-state index in [0.717, 1.165) is 6.07 Å². The molecule has 0 fully saturated rings. The number of carbonyl (C=O) groups is 1. The van der Waals surface area contributed by atoms with Crippen LogP contribution in [0.1, 0.15) is 5.56 Å². The molecule has 1 aromatic carbocycles. The van der Waals surface area contributed by atoms with Crippen molar-refractivity contribution in [3.63, 3.8) is 0 Å². The molecule has 1 unspecified atom stereocenters. The summed E-state index contributed by atoms with van der Waals surface area (Å²) in [5.41, 5.74) is 6.54. The van der Waals surface area contributed by atoms with Crippen LogP contribution in [0.5, 0.6) is 5.75 Å². The molecule has 0 aliphatic heterocycles. The van der Waals surface area contributed by atoms with Crippen molar-refractivity contribution in [1.29, 1.82) is 0 Å². The summed E-state index contributed by atoms with van der Waals surface area (Å²) < 4.78 is 13.1. The lowest BCUT2D eigenvalue weighted by Crippen LogP contribution is -2.32. The minimum atomic E-state index is -1.11. The number of carboxylic acid groups (broad SMARTS) is 1. The van der Waals surface area contributed by atoms with Gasteiger partial charge in [0.15, 0.2) is 11.6 Å². The number of nitrogens with two attached hydrogens (primary N) is 1. The number of hydrogen-bond donors (Lipinski definition) is 4. The lowest BCUT2D eigenvalue weighted by molar-refractivity contribution is -0.138. The van der Waals surface area contributed by atoms with E-state index in [9.17, 15) is 14.3 Å². The molecule has 0 radical (unpaired) electrons. The van der Waals surface area contributed by atoms with Crippen LogP contribution in [0, 0.1) is 5.82 Å². The van der Waals surface area contributed by atoms with Gasteiger partial charge in [-0.15, -0.1) is 0 Å². The van der Waals surface area contributed by atoms with Gasteiger partial charge in [-0.05, 0) is 11.6 Å². The van der Waals surface area contributed by atoms with E-state index < -0.39 is 23.6 Å². The molecule has 0 bridgehead atoms. The zero-order valence-electron chi connectivity index (χ0n) is 8.77. The van der Waals surface area contributed by atoms with Crippen LogP contribution in [0.3, 0.4) is 0 Å². The number of hydrogen-bond acceptors (Lipinski definition) is 3. The number of phenols is 1. The standard InChI is InChI=1S/C11H11FN2O3/c12-7-3-9-6(2-10(7)15)5(4-14-9)1-8(13)11(16)17/h2-4,8,14-15H,1,13H2,(H,16,17). The number of aliphatic carboxylic acids is 1. The molecule has 1 heterocycles. The van der Waals surface area contributed by atoms with E-state index in [1.54, 1.807) is 6.20 Å². The molecule has 6 heteroatoms. The van der Waals surface area contributed by atoms with Crippen LogP contribution in [0.4, 0.5) is 4.39 Å². The molecule has 0 saturated heterocycles. The Kier molecular flexibility index (Phi) is 2.72. The predicted octanol–water partition coefficient (Wildman–Crippen LogP) is 0.967. The lowest BCUT2D eigenvalue weighted by atomic mass is 10.1. The Morgan fingerprint density at radius 3 is 2.88 bits per heavy atom. The Balaban J connectivity index is 2.42. The van der Waals surface area contributed by atoms with Crippen LogP contribution in [0.25, 0.3) is 10.9 Å². The van der Waals surface area contributed by atoms with Crippen molar-refractivity contribution in [2.45, 2.75) is 12.5 Å². The first-order valence-corrected chi connectivity index (χ1v) is 4.96. The molecule has 90 valence electrons. The largest absolute Gasteiger partial charge is 0.505 e. The number of halogens is 1. The Morgan fingerprint density at radius 1 is 1.53 bits per heavy atom. The molecular formula is C11H11FN2O3. The van der Waals surface area contributed by atoms with E-state index >= 15 is 0 Å². The molecule has 0 amide bonds. The van der Waals surface area contributed by atoms with Crippen molar-refractivity contribution in [2.75, 3.05) is 0 Å². The first-order valence-electron chi connectivity index (χ1n) is 4.96. The van der Waals surface area contributed by atoms with Gasteiger partial charge in [-0.2, -0.15) is 0 Å². The molecule has 5 nitrogen and oxygen atoms in total. The van der Waals surface area contributed by atoms with Crippen LogP contribution >= 0.6 is 0 Å². The number of aromatic nitrogens is 1. The van der Waals surface area contributed by atoms with E-state index in [4.69, 9.17) is 10.8 Å². The number of carboxylic acids is 1. The van der Waals surface area contributed by atoms with Gasteiger partial charge in [0.25, 0.3) is 0 Å². The number of rotatable bonds is 3. The Hall–Kier alpha value is -2.08. The quantitative estimate of drug-likeness (QED) is 0.640. The molecule has 5 N–H and O–H groups in total. The number of H-pyrrole nitrogens is 1. The molecule has 2 rings (SSSR count). The maximum atomic E-state index is 13.1. The van der Waals surface area contributed by atoms with E-state index in [-0.39, 0.29) is 6.42 Å². The molecule has 0 saturated carbocycles. The number of nitrogens with one attached hydrogen (secondary N) is 1. The van der Waals surface area contributed by atoms with Gasteiger partial charge < -0.3 is 20.9 Å². The summed E-state index contributed by atoms with van der Waals surface area (Å²) in [6.07, 6.45) is 1.67. The number of aromatic hydroxyl groups is 1. The summed E-state index contributed by atoms with van der Waals surface area (Å²) in [6.45, 7) is 0. The fourth-order valence-electron chi connectivity index (χ4n) is 1.68. The van der Waals surface area contributed by atoms with Gasteiger partial charge in [0.05, 0.1) is 0 Å². The molecule has 0 aliphatic carbocycles. The van der Waals surface area contributed by atoms with Gasteiger partial charge in [-0.1, -0.05) is 0 Å². The van der Waals surface area contributed by atoms with Crippen molar-refractivity contribution in [1.82, 2.24) is 4.98 Å². The summed E-state index contributed by atoms with van der Waals surface area (Å²) in [5, 5.41) is 18.5. The van der Waals surface area contributed by atoms with E-state index in [2.05, 4.69) is 4.98 Å². The van der Waals surface area contributed by atoms with E-state index in [0.29, 0.717) is 16.5 Å². The fraction of sp³-hybridized carbons (Fsp3) is 0.182. The number of fused-ring (bicyclic) bond motifs is 1. The van der Waals surface area contributed by atoms with Gasteiger partial charge in [0.2, 0.25) is 0 Å². The molecule has 1 atom stereocenters. The summed E-state index contributed by atoms with van der Waals surface area (Å²) in [5.74, 6) is -2.30. The highest BCUT2D eigenvalue weighted by Crippen LogP contribution is 2.26. The van der Waals surface area contributed by atoms with Crippen molar-refractivity contribution < 1.29 is 19.4 Å². The van der Waals surface area contributed by atoms with Crippen LogP contribution in [-0.4, -0.2) is 27.2 Å². The molecule has 17 heavy (non-hydrogen) atoms. The van der Waals surface area contributed by atoms with E-state index in [1.165, 1.54) is 6.07 Å². The third-order valence-corrected chi connectivity index (χ3v) is 2.59. The second-order valence-electron chi connectivity index (χ2n) is 3.81. The topological polar surface area (TPSA) is 99.3 Å². The van der Waals surface area contributed by atoms with Crippen LogP contribution in [0.2, 0.25) is 0 Å². The van der Waals surface area contributed by atoms with E-state index in [1.807, 2.05) is 0 Å². The molecule has 0 spiro atoms. The van der Waals surface area contributed by atoms with Gasteiger partial charge >= 0.3 is 5.97 Å². The highest BCUT2D eigenvalue weighted by Gasteiger charge is 2.16. The van der Waals surface area contributed by atoms with Crippen molar-refractivity contribution >= 4 is 16.9 Å². The Morgan fingerprint density at radius 2 is 2.24 bits per heavy atom. The highest BCUT2D eigenvalue weighted by atomic mass is 19.1. The lowest BCUT2D eigenvalue weighted by Gasteiger charge is -2.05. The van der Waals surface area contributed by atoms with Crippen molar-refractivity contribution in [3.05, 3.63) is 29.7 Å². The third kappa shape index (κ3) is 2.07. The monoisotopic (exact) mass is 238 g/mol. The summed E-state index contributed by atoms with van der Waals surface area (Å²) >= 11 is 0. The van der Waals surface area contributed by atoms with Crippen LogP contribution in [-0.2, 0) is 11.2 Å². The summed E-state index contributed by atoms with van der Waals surface area (Å²) in [4.78, 5) is 13.4. The maximum Gasteiger partial charge on any atom is 0.320 e. The van der Waals surface area contributed by atoms with Gasteiger partial charge in [-0.3, -0.25) is 4.79 Å². The second kappa shape index (κ2) is 4.06. The van der Waals surface area contributed by atoms with Gasteiger partial charge in [0, 0.05) is 29.6 Å². The average molecular weight is 238 g/mol. The number of phenolic OH excluding ortho intramolecular Hbond substituents is 1. The summed E-state index contributed by atoms with van der Waals surface area (Å²) in [6, 6.07) is 1.38. The molecule has 1 aromatic heterocycles. The fourth-order valence-corrected chi connectivity index (χ4v) is 1.68. The molecule has 2 aromatic rings. The highest BCUT2D eigenvalue weighted by molar-refractivity contribution is 5.85. The Bertz CT molecular complexity index is 579. The van der Waals surface area contributed by atoms with Crippen molar-refractivity contribution in [2.24, 2.45) is 5.73 Å². The zero-order chi connectivity index (χ0) is 12.6. The average Bonchev–Trinajstić information content (AvgIpc) is 2.62.